The number of carbonyl (C=O) groups is 1. The number of methoxy groups -OCH3 is 1. The number of hydrogen-bond donors (Lipinski definition) is 1. The van der Waals surface area contributed by atoms with Gasteiger partial charge in [-0.1, -0.05) is 23.7 Å². The molecule has 1 amide bonds. The quantitative estimate of drug-likeness (QED) is 0.935. The van der Waals surface area contributed by atoms with Gasteiger partial charge in [-0.25, -0.2) is 0 Å². The minimum atomic E-state index is -0.202. The van der Waals surface area contributed by atoms with Crippen molar-refractivity contribution in [1.82, 2.24) is 5.32 Å². The Balaban J connectivity index is 1.61. The second kappa shape index (κ2) is 6.92. The number of benzene rings is 2. The predicted octanol–water partition coefficient (Wildman–Crippen LogP) is 3.22. The molecule has 0 spiro atoms. The lowest BCUT2D eigenvalue weighted by atomic mass is 9.96. The van der Waals surface area contributed by atoms with Gasteiger partial charge in [0, 0.05) is 11.6 Å². The average Bonchev–Trinajstić information content (AvgIpc) is 2.59. The van der Waals surface area contributed by atoms with Gasteiger partial charge in [-0.2, -0.15) is 0 Å². The number of ether oxygens (including phenoxy) is 2. The first-order chi connectivity index (χ1) is 11.2. The first kappa shape index (κ1) is 15.7. The molecule has 1 aliphatic rings. The molecule has 0 bridgehead atoms. The van der Waals surface area contributed by atoms with Crippen LogP contribution in [0.3, 0.4) is 0 Å². The Morgan fingerprint density at radius 2 is 2.22 bits per heavy atom. The third kappa shape index (κ3) is 3.77. The summed E-state index contributed by atoms with van der Waals surface area (Å²) in [6, 6.07) is 13.1. The van der Waals surface area contributed by atoms with Gasteiger partial charge in [-0.05, 0) is 47.9 Å². The van der Waals surface area contributed by atoms with E-state index in [1.54, 1.807) is 13.2 Å². The number of fused-ring (bicyclic) bond motifs is 1. The molecule has 1 aliphatic heterocycles. The fourth-order valence-corrected chi connectivity index (χ4v) is 2.84. The highest BCUT2D eigenvalue weighted by atomic mass is 35.5. The highest BCUT2D eigenvalue weighted by Gasteiger charge is 2.25. The fourth-order valence-electron chi connectivity index (χ4n) is 2.65. The third-order valence-electron chi connectivity index (χ3n) is 3.90. The molecule has 0 radical (unpaired) electrons. The molecular formula is C18H18ClNO3. The van der Waals surface area contributed by atoms with E-state index in [-0.39, 0.29) is 11.8 Å². The Kier molecular flexibility index (Phi) is 4.72. The van der Waals surface area contributed by atoms with Crippen LogP contribution in [0.5, 0.6) is 11.5 Å². The van der Waals surface area contributed by atoms with Gasteiger partial charge in [0.1, 0.15) is 18.1 Å². The van der Waals surface area contributed by atoms with Crippen LogP contribution < -0.4 is 14.8 Å². The lowest BCUT2D eigenvalue weighted by Gasteiger charge is -2.24. The zero-order valence-corrected chi connectivity index (χ0v) is 13.6. The summed E-state index contributed by atoms with van der Waals surface area (Å²) < 4.78 is 10.8. The second-order valence-corrected chi connectivity index (χ2v) is 5.97. The third-order valence-corrected chi connectivity index (χ3v) is 4.14. The number of hydrogen-bond acceptors (Lipinski definition) is 3. The molecule has 1 heterocycles. The number of carbonyl (C=O) groups excluding carboxylic acids is 1. The lowest BCUT2D eigenvalue weighted by molar-refractivity contribution is -0.126. The summed E-state index contributed by atoms with van der Waals surface area (Å²) in [5, 5.41) is 3.62. The zero-order chi connectivity index (χ0) is 16.2. The van der Waals surface area contributed by atoms with Crippen LogP contribution in [-0.2, 0) is 17.8 Å². The van der Waals surface area contributed by atoms with Crippen molar-refractivity contribution < 1.29 is 14.3 Å². The van der Waals surface area contributed by atoms with Gasteiger partial charge >= 0.3 is 0 Å². The molecule has 0 aliphatic carbocycles. The molecule has 2 aromatic carbocycles. The van der Waals surface area contributed by atoms with Crippen LogP contribution in [0.4, 0.5) is 0 Å². The Bertz CT molecular complexity index is 717. The van der Waals surface area contributed by atoms with Gasteiger partial charge < -0.3 is 14.8 Å². The second-order valence-electron chi connectivity index (χ2n) is 5.53. The summed E-state index contributed by atoms with van der Waals surface area (Å²) in [6.45, 7) is 0.855. The molecule has 0 fully saturated rings. The maximum atomic E-state index is 12.4. The van der Waals surface area contributed by atoms with Crippen molar-refractivity contribution in [3.8, 4) is 11.5 Å². The molecule has 1 N–H and O–H groups in total. The average molecular weight is 332 g/mol. The van der Waals surface area contributed by atoms with Crippen molar-refractivity contribution in [2.75, 3.05) is 13.7 Å². The maximum absolute atomic E-state index is 12.4. The van der Waals surface area contributed by atoms with Gasteiger partial charge in [0.2, 0.25) is 5.91 Å². The van der Waals surface area contributed by atoms with Gasteiger partial charge in [0.25, 0.3) is 0 Å². The van der Waals surface area contributed by atoms with E-state index in [9.17, 15) is 4.79 Å². The Labute approximate surface area is 140 Å². The lowest BCUT2D eigenvalue weighted by Crippen LogP contribution is -2.37. The Morgan fingerprint density at radius 1 is 1.35 bits per heavy atom. The first-order valence-corrected chi connectivity index (χ1v) is 7.85. The van der Waals surface area contributed by atoms with E-state index in [0.717, 1.165) is 22.6 Å². The summed E-state index contributed by atoms with van der Waals surface area (Å²) >= 11 is 6.01. The van der Waals surface area contributed by atoms with Crippen LogP contribution >= 0.6 is 11.6 Å². The van der Waals surface area contributed by atoms with Crippen molar-refractivity contribution in [3.63, 3.8) is 0 Å². The van der Waals surface area contributed by atoms with Crippen molar-refractivity contribution in [2.45, 2.75) is 13.0 Å². The van der Waals surface area contributed by atoms with Crippen LogP contribution in [0.1, 0.15) is 11.1 Å². The summed E-state index contributed by atoms with van der Waals surface area (Å²) in [7, 11) is 1.62. The Hall–Kier alpha value is -2.20. The monoisotopic (exact) mass is 331 g/mol. The van der Waals surface area contributed by atoms with Crippen LogP contribution in [0.15, 0.2) is 42.5 Å². The van der Waals surface area contributed by atoms with E-state index in [1.165, 1.54) is 0 Å². The topological polar surface area (TPSA) is 47.6 Å². The van der Waals surface area contributed by atoms with Gasteiger partial charge in [0.15, 0.2) is 0 Å². The van der Waals surface area contributed by atoms with Crippen molar-refractivity contribution >= 4 is 17.5 Å². The molecule has 23 heavy (non-hydrogen) atoms. The summed E-state index contributed by atoms with van der Waals surface area (Å²) in [5.41, 5.74) is 1.98. The minimum absolute atomic E-state index is 0.0153. The molecule has 1 atom stereocenters. The van der Waals surface area contributed by atoms with Crippen molar-refractivity contribution in [1.29, 1.82) is 0 Å². The standard InChI is InChI=1S/C18H18ClNO3/c1-22-16-4-2-3-12(7-16)10-20-18(21)14-8-13-9-15(19)5-6-17(13)23-11-14/h2-7,9,14H,8,10-11H2,1H3,(H,20,21)/t14-/m1/s1. The fraction of sp³-hybridized carbons (Fsp3) is 0.278. The summed E-state index contributed by atoms with van der Waals surface area (Å²) in [4.78, 5) is 12.4. The molecule has 5 heteroatoms. The Morgan fingerprint density at radius 3 is 3.04 bits per heavy atom. The minimum Gasteiger partial charge on any atom is -0.497 e. The van der Waals surface area contributed by atoms with Crippen molar-refractivity contribution in [3.05, 3.63) is 58.6 Å². The smallest absolute Gasteiger partial charge is 0.227 e. The van der Waals surface area contributed by atoms with Gasteiger partial charge in [-0.15, -0.1) is 0 Å². The van der Waals surface area contributed by atoms with E-state index in [1.807, 2.05) is 36.4 Å². The molecule has 0 saturated heterocycles. The normalized spacial score (nSPS) is 16.2. The zero-order valence-electron chi connectivity index (χ0n) is 12.8. The van der Waals surface area contributed by atoms with E-state index < -0.39 is 0 Å². The van der Waals surface area contributed by atoms with Crippen molar-refractivity contribution in [2.24, 2.45) is 5.92 Å². The number of amides is 1. The SMILES string of the molecule is COc1cccc(CNC(=O)[C@H]2COc3ccc(Cl)cc3C2)c1. The van der Waals surface area contributed by atoms with Crippen LogP contribution in [0, 0.1) is 5.92 Å². The van der Waals surface area contributed by atoms with Gasteiger partial charge in [-0.3, -0.25) is 4.79 Å². The number of rotatable bonds is 4. The summed E-state index contributed by atoms with van der Waals surface area (Å²) in [5.74, 6) is 1.37. The van der Waals surface area contributed by atoms with E-state index in [4.69, 9.17) is 21.1 Å². The molecule has 0 unspecified atom stereocenters. The first-order valence-electron chi connectivity index (χ1n) is 7.47. The van der Waals surface area contributed by atoms with Gasteiger partial charge in [0.05, 0.1) is 13.0 Å². The van der Waals surface area contributed by atoms with E-state index in [0.29, 0.717) is 24.6 Å². The molecular weight excluding hydrogens is 314 g/mol. The molecule has 4 nitrogen and oxygen atoms in total. The maximum Gasteiger partial charge on any atom is 0.227 e. The largest absolute Gasteiger partial charge is 0.497 e. The number of halogens is 1. The molecule has 0 saturated carbocycles. The predicted molar refractivity (Wildman–Crippen MR) is 89.0 cm³/mol. The van der Waals surface area contributed by atoms with E-state index >= 15 is 0 Å². The molecule has 120 valence electrons. The van der Waals surface area contributed by atoms with Crippen LogP contribution in [0.2, 0.25) is 5.02 Å². The van der Waals surface area contributed by atoms with Crippen LogP contribution in [0.25, 0.3) is 0 Å². The molecule has 3 rings (SSSR count). The van der Waals surface area contributed by atoms with E-state index in [2.05, 4.69) is 5.32 Å². The highest BCUT2D eigenvalue weighted by molar-refractivity contribution is 6.30. The highest BCUT2D eigenvalue weighted by Crippen LogP contribution is 2.29. The summed E-state index contributed by atoms with van der Waals surface area (Å²) in [6.07, 6.45) is 0.639. The molecule has 0 aromatic heterocycles. The number of nitrogens with one attached hydrogen (secondary N) is 1. The molecule has 2 aromatic rings. The van der Waals surface area contributed by atoms with Crippen LogP contribution in [-0.4, -0.2) is 19.6 Å².